The lowest BCUT2D eigenvalue weighted by molar-refractivity contribution is 0.767. The third kappa shape index (κ3) is 2.35. The Kier molecular flexibility index (Phi) is 3.15. The Hall–Kier alpha value is -1.09. The third-order valence-electron chi connectivity index (χ3n) is 3.25. The molecule has 0 amide bonds. The SMILES string of the molecule is Cc1cc(C)c(CN)c(N(C)CC2CC2)n1. The van der Waals surface area contributed by atoms with E-state index < -0.39 is 0 Å². The van der Waals surface area contributed by atoms with Gasteiger partial charge in [-0.2, -0.15) is 0 Å². The zero-order valence-corrected chi connectivity index (χ0v) is 10.5. The summed E-state index contributed by atoms with van der Waals surface area (Å²) in [5.74, 6) is 1.95. The van der Waals surface area contributed by atoms with Crippen LogP contribution >= 0.6 is 0 Å². The summed E-state index contributed by atoms with van der Waals surface area (Å²) in [5, 5.41) is 0. The van der Waals surface area contributed by atoms with Crippen molar-refractivity contribution in [2.75, 3.05) is 18.5 Å². The van der Waals surface area contributed by atoms with Crippen molar-refractivity contribution in [2.45, 2.75) is 33.2 Å². The van der Waals surface area contributed by atoms with Gasteiger partial charge < -0.3 is 10.6 Å². The standard InChI is InChI=1S/C13H21N3/c1-9-6-10(2)15-13(12(9)7-14)16(3)8-11-4-5-11/h6,11H,4-5,7-8,14H2,1-3H3. The number of anilines is 1. The van der Waals surface area contributed by atoms with E-state index in [0.29, 0.717) is 6.54 Å². The minimum absolute atomic E-state index is 0.573. The van der Waals surface area contributed by atoms with E-state index in [1.807, 2.05) is 6.92 Å². The van der Waals surface area contributed by atoms with Crippen LogP contribution in [0.25, 0.3) is 0 Å². The van der Waals surface area contributed by atoms with Crippen LogP contribution in [-0.4, -0.2) is 18.6 Å². The van der Waals surface area contributed by atoms with E-state index >= 15 is 0 Å². The number of pyridine rings is 1. The highest BCUT2D eigenvalue weighted by molar-refractivity contribution is 5.51. The van der Waals surface area contributed by atoms with Gasteiger partial charge >= 0.3 is 0 Å². The van der Waals surface area contributed by atoms with Crippen LogP contribution in [0.3, 0.4) is 0 Å². The molecule has 0 spiro atoms. The molecule has 2 N–H and O–H groups in total. The van der Waals surface area contributed by atoms with Gasteiger partial charge in [0.25, 0.3) is 0 Å². The zero-order valence-electron chi connectivity index (χ0n) is 10.5. The Bertz CT molecular complexity index is 383. The van der Waals surface area contributed by atoms with Crippen LogP contribution in [0.15, 0.2) is 6.07 Å². The maximum Gasteiger partial charge on any atom is 0.133 e. The van der Waals surface area contributed by atoms with Gasteiger partial charge in [0.1, 0.15) is 5.82 Å². The predicted octanol–water partition coefficient (Wildman–Crippen LogP) is 2.00. The smallest absolute Gasteiger partial charge is 0.133 e. The van der Waals surface area contributed by atoms with Crippen molar-refractivity contribution in [1.82, 2.24) is 4.98 Å². The molecule has 1 aromatic heterocycles. The van der Waals surface area contributed by atoms with Gasteiger partial charge in [-0.15, -0.1) is 0 Å². The number of aryl methyl sites for hydroxylation is 2. The summed E-state index contributed by atoms with van der Waals surface area (Å²) in [6, 6.07) is 2.11. The van der Waals surface area contributed by atoms with Gasteiger partial charge in [0.15, 0.2) is 0 Å². The van der Waals surface area contributed by atoms with Crippen molar-refractivity contribution in [3.8, 4) is 0 Å². The Morgan fingerprint density at radius 1 is 1.44 bits per heavy atom. The van der Waals surface area contributed by atoms with E-state index in [0.717, 1.165) is 24.0 Å². The highest BCUT2D eigenvalue weighted by atomic mass is 15.2. The molecule has 1 aliphatic carbocycles. The highest BCUT2D eigenvalue weighted by Gasteiger charge is 2.24. The molecule has 1 heterocycles. The van der Waals surface area contributed by atoms with Crippen molar-refractivity contribution in [2.24, 2.45) is 11.7 Å². The van der Waals surface area contributed by atoms with Crippen LogP contribution in [0.2, 0.25) is 0 Å². The molecule has 0 aliphatic heterocycles. The molecule has 3 heteroatoms. The summed E-state index contributed by atoms with van der Waals surface area (Å²) in [7, 11) is 2.12. The number of rotatable bonds is 4. The molecule has 0 radical (unpaired) electrons. The van der Waals surface area contributed by atoms with Crippen molar-refractivity contribution >= 4 is 5.82 Å². The Morgan fingerprint density at radius 3 is 2.69 bits per heavy atom. The molecule has 3 nitrogen and oxygen atoms in total. The molecule has 0 saturated heterocycles. The predicted molar refractivity (Wildman–Crippen MR) is 67.6 cm³/mol. The molecule has 1 fully saturated rings. The van der Waals surface area contributed by atoms with E-state index in [4.69, 9.17) is 5.73 Å². The lowest BCUT2D eigenvalue weighted by Gasteiger charge is -2.22. The van der Waals surface area contributed by atoms with Gasteiger partial charge in [-0.05, 0) is 44.2 Å². The summed E-state index contributed by atoms with van der Waals surface area (Å²) in [4.78, 5) is 6.90. The van der Waals surface area contributed by atoms with Crippen LogP contribution in [-0.2, 0) is 6.54 Å². The number of nitrogens with two attached hydrogens (primary N) is 1. The molecule has 0 bridgehead atoms. The van der Waals surface area contributed by atoms with Crippen molar-refractivity contribution in [3.05, 3.63) is 22.9 Å². The first kappa shape index (κ1) is 11.4. The van der Waals surface area contributed by atoms with Gasteiger partial charge in [0.05, 0.1) is 0 Å². The first-order chi connectivity index (χ1) is 7.61. The van der Waals surface area contributed by atoms with Crippen LogP contribution < -0.4 is 10.6 Å². The van der Waals surface area contributed by atoms with E-state index in [-0.39, 0.29) is 0 Å². The molecule has 1 saturated carbocycles. The highest BCUT2D eigenvalue weighted by Crippen LogP contribution is 2.31. The molecular weight excluding hydrogens is 198 g/mol. The number of aromatic nitrogens is 1. The fraction of sp³-hybridized carbons (Fsp3) is 0.615. The quantitative estimate of drug-likeness (QED) is 0.842. The average molecular weight is 219 g/mol. The molecular formula is C13H21N3. The van der Waals surface area contributed by atoms with Crippen molar-refractivity contribution in [1.29, 1.82) is 0 Å². The average Bonchev–Trinajstić information content (AvgIpc) is 3.00. The second kappa shape index (κ2) is 4.42. The monoisotopic (exact) mass is 219 g/mol. The van der Waals surface area contributed by atoms with Crippen molar-refractivity contribution < 1.29 is 0 Å². The molecule has 0 unspecified atom stereocenters. The molecule has 0 aromatic carbocycles. The number of nitrogens with zero attached hydrogens (tertiary/aromatic N) is 2. The topological polar surface area (TPSA) is 42.1 Å². The van der Waals surface area contributed by atoms with E-state index in [9.17, 15) is 0 Å². The van der Waals surface area contributed by atoms with Crippen LogP contribution in [0, 0.1) is 19.8 Å². The molecule has 1 aromatic rings. The molecule has 2 rings (SSSR count). The third-order valence-corrected chi connectivity index (χ3v) is 3.25. The van der Waals surface area contributed by atoms with Gasteiger partial charge in [0.2, 0.25) is 0 Å². The van der Waals surface area contributed by atoms with E-state index in [1.54, 1.807) is 0 Å². The van der Waals surface area contributed by atoms with Crippen LogP contribution in [0.1, 0.15) is 29.7 Å². The minimum atomic E-state index is 0.573. The summed E-state index contributed by atoms with van der Waals surface area (Å²) < 4.78 is 0. The zero-order chi connectivity index (χ0) is 11.7. The minimum Gasteiger partial charge on any atom is -0.359 e. The second-order valence-corrected chi connectivity index (χ2v) is 4.91. The van der Waals surface area contributed by atoms with Gasteiger partial charge in [0, 0.05) is 31.4 Å². The van der Waals surface area contributed by atoms with E-state index in [1.165, 1.54) is 24.0 Å². The maximum atomic E-state index is 5.82. The molecule has 16 heavy (non-hydrogen) atoms. The first-order valence-corrected chi connectivity index (χ1v) is 6.00. The summed E-state index contributed by atoms with van der Waals surface area (Å²) in [6.07, 6.45) is 2.74. The number of hydrogen-bond acceptors (Lipinski definition) is 3. The summed E-state index contributed by atoms with van der Waals surface area (Å²) >= 11 is 0. The Morgan fingerprint density at radius 2 is 2.12 bits per heavy atom. The fourth-order valence-electron chi connectivity index (χ4n) is 2.19. The molecule has 88 valence electrons. The van der Waals surface area contributed by atoms with E-state index in [2.05, 4.69) is 29.9 Å². The fourth-order valence-corrected chi connectivity index (χ4v) is 2.19. The Labute approximate surface area is 97.7 Å². The number of hydrogen-bond donors (Lipinski definition) is 1. The molecule has 0 atom stereocenters. The molecule has 1 aliphatic rings. The maximum absolute atomic E-state index is 5.82. The van der Waals surface area contributed by atoms with Gasteiger partial charge in [-0.25, -0.2) is 4.98 Å². The first-order valence-electron chi connectivity index (χ1n) is 6.00. The Balaban J connectivity index is 2.28. The normalized spacial score (nSPS) is 15.2. The van der Waals surface area contributed by atoms with Crippen LogP contribution in [0.4, 0.5) is 5.82 Å². The lowest BCUT2D eigenvalue weighted by atomic mass is 10.1. The summed E-state index contributed by atoms with van der Waals surface area (Å²) in [6.45, 7) is 5.85. The van der Waals surface area contributed by atoms with Crippen LogP contribution in [0.5, 0.6) is 0 Å². The largest absolute Gasteiger partial charge is 0.359 e. The second-order valence-electron chi connectivity index (χ2n) is 4.91. The lowest BCUT2D eigenvalue weighted by Crippen LogP contribution is -2.24. The van der Waals surface area contributed by atoms with Gasteiger partial charge in [-0.1, -0.05) is 0 Å². The van der Waals surface area contributed by atoms with Gasteiger partial charge in [-0.3, -0.25) is 0 Å². The van der Waals surface area contributed by atoms with Crippen molar-refractivity contribution in [3.63, 3.8) is 0 Å². The summed E-state index contributed by atoms with van der Waals surface area (Å²) in [5.41, 5.74) is 9.34.